The Labute approximate surface area is 205 Å². The first-order chi connectivity index (χ1) is 17.0. The molecular weight excluding hydrogens is 451 g/mol. The minimum atomic E-state index is -0.409. The number of likely N-dealkylation sites (tertiary alicyclic amines) is 1. The fraction of sp³-hybridized carbons (Fsp3) is 0.462. The number of benzene rings is 1. The molecule has 3 rings (SSSR count). The molecule has 0 radical (unpaired) electrons. The number of aromatic nitrogens is 1. The maximum atomic E-state index is 12.9. The summed E-state index contributed by atoms with van der Waals surface area (Å²) >= 11 is 0. The molecule has 1 aliphatic rings. The monoisotopic (exact) mass is 484 g/mol. The zero-order chi connectivity index (χ0) is 24.9. The van der Waals surface area contributed by atoms with E-state index in [1.54, 1.807) is 29.4 Å². The third kappa shape index (κ3) is 9.09. The second-order valence-electron chi connectivity index (χ2n) is 8.60. The molecule has 1 aromatic carbocycles. The van der Waals surface area contributed by atoms with E-state index in [0.717, 1.165) is 30.4 Å². The van der Waals surface area contributed by atoms with Crippen molar-refractivity contribution in [3.8, 4) is 0 Å². The SMILES string of the molecule is O=C(COCc1ccc(F)cc1)NCCCCCC(=O)N1CCC[C@H]1C(=O)NCc1cccnc1. The third-order valence-electron chi connectivity index (χ3n) is 5.87. The molecule has 0 unspecified atom stereocenters. The van der Waals surface area contributed by atoms with Crippen molar-refractivity contribution in [2.45, 2.75) is 57.7 Å². The maximum Gasteiger partial charge on any atom is 0.246 e. The summed E-state index contributed by atoms with van der Waals surface area (Å²) in [6.45, 7) is 1.70. The van der Waals surface area contributed by atoms with Crippen LogP contribution in [-0.2, 0) is 32.3 Å². The highest BCUT2D eigenvalue weighted by molar-refractivity contribution is 5.88. The van der Waals surface area contributed by atoms with Crippen molar-refractivity contribution < 1.29 is 23.5 Å². The lowest BCUT2D eigenvalue weighted by Crippen LogP contribution is -2.45. The number of carbonyl (C=O) groups excluding carboxylic acids is 3. The lowest BCUT2D eigenvalue weighted by molar-refractivity contribution is -0.138. The Hall–Kier alpha value is -3.33. The average Bonchev–Trinajstić information content (AvgIpc) is 3.37. The molecule has 2 aromatic rings. The maximum absolute atomic E-state index is 12.9. The summed E-state index contributed by atoms with van der Waals surface area (Å²) in [6.07, 6.45) is 7.55. The second kappa shape index (κ2) is 14.2. The van der Waals surface area contributed by atoms with Crippen LogP contribution in [0.3, 0.4) is 0 Å². The highest BCUT2D eigenvalue weighted by Crippen LogP contribution is 2.19. The Kier molecular flexibility index (Phi) is 10.6. The van der Waals surface area contributed by atoms with Gasteiger partial charge in [0.1, 0.15) is 18.5 Å². The number of nitrogens with zero attached hydrogens (tertiary/aromatic N) is 2. The normalized spacial score (nSPS) is 15.1. The van der Waals surface area contributed by atoms with E-state index in [0.29, 0.717) is 38.9 Å². The summed E-state index contributed by atoms with van der Waals surface area (Å²) in [4.78, 5) is 42.8. The van der Waals surface area contributed by atoms with E-state index in [1.165, 1.54) is 12.1 Å². The Balaban J connectivity index is 1.24. The zero-order valence-corrected chi connectivity index (χ0v) is 19.9. The number of carbonyl (C=O) groups is 3. The number of rotatable bonds is 13. The number of unbranched alkanes of at least 4 members (excludes halogenated alkanes) is 2. The van der Waals surface area contributed by atoms with Crippen LogP contribution in [0.5, 0.6) is 0 Å². The van der Waals surface area contributed by atoms with E-state index in [-0.39, 0.29) is 36.8 Å². The Morgan fingerprint density at radius 2 is 1.89 bits per heavy atom. The number of pyridine rings is 1. The Morgan fingerprint density at radius 1 is 1.06 bits per heavy atom. The van der Waals surface area contributed by atoms with Crippen LogP contribution >= 0.6 is 0 Å². The predicted octanol–water partition coefficient (Wildman–Crippen LogP) is 2.72. The molecule has 2 heterocycles. The third-order valence-corrected chi connectivity index (χ3v) is 5.87. The molecule has 3 amide bonds. The summed E-state index contributed by atoms with van der Waals surface area (Å²) in [5.74, 6) is -0.637. The van der Waals surface area contributed by atoms with Crippen LogP contribution in [-0.4, -0.2) is 53.3 Å². The average molecular weight is 485 g/mol. The van der Waals surface area contributed by atoms with Crippen LogP contribution in [0.15, 0.2) is 48.8 Å². The lowest BCUT2D eigenvalue weighted by Gasteiger charge is -2.24. The molecule has 0 saturated carbocycles. The van der Waals surface area contributed by atoms with Gasteiger partial charge in [-0.05, 0) is 55.0 Å². The number of hydrogen-bond acceptors (Lipinski definition) is 5. The first-order valence-corrected chi connectivity index (χ1v) is 12.1. The molecule has 0 bridgehead atoms. The van der Waals surface area contributed by atoms with Crippen LogP contribution in [0.4, 0.5) is 4.39 Å². The van der Waals surface area contributed by atoms with Gasteiger partial charge in [-0.3, -0.25) is 19.4 Å². The minimum absolute atomic E-state index is 0.00209. The highest BCUT2D eigenvalue weighted by atomic mass is 19.1. The molecule has 35 heavy (non-hydrogen) atoms. The van der Waals surface area contributed by atoms with Gasteiger partial charge in [0.15, 0.2) is 0 Å². The van der Waals surface area contributed by atoms with Crippen molar-refractivity contribution in [1.29, 1.82) is 0 Å². The molecule has 1 atom stereocenters. The van der Waals surface area contributed by atoms with Crippen LogP contribution in [0.1, 0.15) is 49.7 Å². The van der Waals surface area contributed by atoms with Crippen LogP contribution in [0.2, 0.25) is 0 Å². The summed E-state index contributed by atoms with van der Waals surface area (Å²) in [5, 5.41) is 5.70. The number of halogens is 1. The van der Waals surface area contributed by atoms with E-state index in [9.17, 15) is 18.8 Å². The van der Waals surface area contributed by atoms with Gasteiger partial charge < -0.3 is 20.3 Å². The molecule has 0 spiro atoms. The standard InChI is InChI=1S/C26H33FN4O4/c27-22-11-9-20(10-12-22)18-35-19-24(32)29-14-3-1-2-8-25(33)31-15-5-7-23(31)26(34)30-17-21-6-4-13-28-16-21/h4,6,9-13,16,23H,1-3,5,7-8,14-15,17-19H2,(H,29,32)(H,30,34)/t23-/m0/s1. The van der Waals surface area contributed by atoms with Gasteiger partial charge in [0.05, 0.1) is 6.61 Å². The van der Waals surface area contributed by atoms with Gasteiger partial charge in [-0.25, -0.2) is 4.39 Å². The van der Waals surface area contributed by atoms with Crippen molar-refractivity contribution >= 4 is 17.7 Å². The van der Waals surface area contributed by atoms with Crippen LogP contribution < -0.4 is 10.6 Å². The molecule has 1 aliphatic heterocycles. The van der Waals surface area contributed by atoms with E-state index >= 15 is 0 Å². The zero-order valence-electron chi connectivity index (χ0n) is 19.9. The molecule has 0 aliphatic carbocycles. The highest BCUT2D eigenvalue weighted by Gasteiger charge is 2.33. The van der Waals surface area contributed by atoms with E-state index < -0.39 is 6.04 Å². The van der Waals surface area contributed by atoms with Crippen molar-refractivity contribution in [3.63, 3.8) is 0 Å². The van der Waals surface area contributed by atoms with Gasteiger partial charge in [0.2, 0.25) is 17.7 Å². The number of ether oxygens (including phenoxy) is 1. The van der Waals surface area contributed by atoms with Gasteiger partial charge in [-0.15, -0.1) is 0 Å². The summed E-state index contributed by atoms with van der Waals surface area (Å²) in [5.41, 5.74) is 1.72. The summed E-state index contributed by atoms with van der Waals surface area (Å²) in [7, 11) is 0. The largest absolute Gasteiger partial charge is 0.367 e. The fourth-order valence-corrected chi connectivity index (χ4v) is 3.99. The van der Waals surface area contributed by atoms with Crippen LogP contribution in [0.25, 0.3) is 0 Å². The minimum Gasteiger partial charge on any atom is -0.367 e. The van der Waals surface area contributed by atoms with Gasteiger partial charge in [0, 0.05) is 38.4 Å². The summed E-state index contributed by atoms with van der Waals surface area (Å²) < 4.78 is 18.2. The van der Waals surface area contributed by atoms with E-state index in [1.807, 2.05) is 12.1 Å². The van der Waals surface area contributed by atoms with Crippen LogP contribution in [0, 0.1) is 5.82 Å². The fourth-order valence-electron chi connectivity index (χ4n) is 3.99. The predicted molar refractivity (Wildman–Crippen MR) is 128 cm³/mol. The smallest absolute Gasteiger partial charge is 0.246 e. The summed E-state index contributed by atoms with van der Waals surface area (Å²) in [6, 6.07) is 9.25. The lowest BCUT2D eigenvalue weighted by atomic mass is 10.1. The first kappa shape index (κ1) is 26.3. The topological polar surface area (TPSA) is 101 Å². The van der Waals surface area contributed by atoms with Crippen molar-refractivity contribution in [3.05, 3.63) is 65.7 Å². The Morgan fingerprint density at radius 3 is 2.66 bits per heavy atom. The van der Waals surface area contributed by atoms with E-state index in [2.05, 4.69) is 15.6 Å². The van der Waals surface area contributed by atoms with Crippen molar-refractivity contribution in [2.24, 2.45) is 0 Å². The number of nitrogens with one attached hydrogen (secondary N) is 2. The quantitative estimate of drug-likeness (QED) is 0.426. The molecule has 2 N–H and O–H groups in total. The van der Waals surface area contributed by atoms with E-state index in [4.69, 9.17) is 4.74 Å². The van der Waals surface area contributed by atoms with Gasteiger partial charge in [-0.1, -0.05) is 24.6 Å². The van der Waals surface area contributed by atoms with Gasteiger partial charge in [-0.2, -0.15) is 0 Å². The Bertz CT molecular complexity index is 956. The number of hydrogen-bond donors (Lipinski definition) is 2. The van der Waals surface area contributed by atoms with Gasteiger partial charge in [0.25, 0.3) is 0 Å². The van der Waals surface area contributed by atoms with Crippen molar-refractivity contribution in [1.82, 2.24) is 20.5 Å². The molecular formula is C26H33FN4O4. The molecule has 8 nitrogen and oxygen atoms in total. The second-order valence-corrected chi connectivity index (χ2v) is 8.60. The van der Waals surface area contributed by atoms with Gasteiger partial charge >= 0.3 is 0 Å². The molecule has 1 fully saturated rings. The molecule has 188 valence electrons. The molecule has 1 aromatic heterocycles. The number of amides is 3. The first-order valence-electron chi connectivity index (χ1n) is 12.1. The van der Waals surface area contributed by atoms with Crippen molar-refractivity contribution in [2.75, 3.05) is 19.7 Å². The molecule has 1 saturated heterocycles. The molecule has 9 heteroatoms.